The molecule has 0 spiro atoms. The Morgan fingerprint density at radius 3 is 2.37 bits per heavy atom. The van der Waals surface area contributed by atoms with Crippen LogP contribution in [0, 0.1) is 23.6 Å². The van der Waals surface area contributed by atoms with Crippen molar-refractivity contribution < 1.29 is 38.6 Å². The molecule has 224 valence electrons. The van der Waals surface area contributed by atoms with E-state index in [0.717, 1.165) is 21.9 Å². The molecule has 2 heterocycles. The zero-order chi connectivity index (χ0) is 31.0. The highest BCUT2D eigenvalue weighted by Gasteiger charge is 2.76. The van der Waals surface area contributed by atoms with E-state index in [1.54, 1.807) is 6.08 Å². The second-order valence-corrected chi connectivity index (χ2v) is 13.0. The fraction of sp³-hybridized carbons (Fsp3) is 0.367. The number of likely N-dealkylation sites (tertiary alicyclic amines) is 1. The van der Waals surface area contributed by atoms with Crippen LogP contribution in [0.4, 0.5) is 10.1 Å². The van der Waals surface area contributed by atoms with Gasteiger partial charge >= 0.3 is 5.97 Å². The van der Waals surface area contributed by atoms with Gasteiger partial charge in [0.15, 0.2) is 9.75 Å². The highest BCUT2D eigenvalue weighted by atomic mass is 35.5. The van der Waals surface area contributed by atoms with Crippen LogP contribution in [0.2, 0.25) is 5.02 Å². The summed E-state index contributed by atoms with van der Waals surface area (Å²) in [6.07, 6.45) is 1.38. The second kappa shape index (κ2) is 10.3. The Hall–Kier alpha value is -3.47. The van der Waals surface area contributed by atoms with Crippen LogP contribution in [0.25, 0.3) is 0 Å². The zero-order valence-corrected chi connectivity index (χ0v) is 24.6. The molecule has 0 aromatic heterocycles. The largest absolute Gasteiger partial charge is 0.508 e. The van der Waals surface area contributed by atoms with Gasteiger partial charge in [-0.2, -0.15) is 0 Å². The standard InChI is InChI=1S/C30H24Cl3FN2O7/c31-14-3-10-21(37)19(12-14)24-17-8-9-18-23(26(41)35(25(18)40)11-1-2-22(38)39)20(17)13-29(32)27(42)36(28(43)30(24,29)33)16-6-4-15(34)5-7-16/h3-8,10,12,18,20,23-24,37H,1-2,9,11,13H2,(H,38,39). The summed E-state index contributed by atoms with van der Waals surface area (Å²) in [6, 6.07) is 8.80. The molecule has 2 N–H and O–H groups in total. The number of amides is 4. The van der Waals surface area contributed by atoms with Crippen LogP contribution in [-0.4, -0.2) is 61.0 Å². The number of phenols is 1. The van der Waals surface area contributed by atoms with Gasteiger partial charge in [-0.3, -0.25) is 28.9 Å². The average Bonchev–Trinajstić information content (AvgIpc) is 3.28. The maximum absolute atomic E-state index is 14.3. The molecular formula is C30H24Cl3FN2O7. The van der Waals surface area contributed by atoms with Gasteiger partial charge in [0.25, 0.3) is 11.8 Å². The minimum Gasteiger partial charge on any atom is -0.508 e. The number of imide groups is 2. The first kappa shape index (κ1) is 29.6. The van der Waals surface area contributed by atoms with Crippen LogP contribution in [0.5, 0.6) is 5.75 Å². The Labute approximate surface area is 259 Å². The Kier molecular flexibility index (Phi) is 7.10. The van der Waals surface area contributed by atoms with E-state index in [4.69, 9.17) is 39.9 Å². The number of benzene rings is 2. The van der Waals surface area contributed by atoms with E-state index < -0.39 is 68.8 Å². The summed E-state index contributed by atoms with van der Waals surface area (Å²) in [5.41, 5.74) is 0.603. The number of carboxylic acids is 1. The highest BCUT2D eigenvalue weighted by Crippen LogP contribution is 2.66. The van der Waals surface area contributed by atoms with E-state index in [0.29, 0.717) is 5.57 Å². The Bertz CT molecular complexity index is 1630. The van der Waals surface area contributed by atoms with Crippen molar-refractivity contribution >= 4 is 70.1 Å². The molecule has 43 heavy (non-hydrogen) atoms. The molecule has 13 heteroatoms. The number of carboxylic acid groups (broad SMARTS) is 1. The minimum absolute atomic E-state index is 0.0338. The van der Waals surface area contributed by atoms with Crippen molar-refractivity contribution in [1.29, 1.82) is 0 Å². The van der Waals surface area contributed by atoms with E-state index in [9.17, 15) is 33.5 Å². The number of aliphatic carboxylic acids is 1. The van der Waals surface area contributed by atoms with Gasteiger partial charge in [-0.25, -0.2) is 9.29 Å². The van der Waals surface area contributed by atoms with Crippen LogP contribution < -0.4 is 4.90 Å². The summed E-state index contributed by atoms with van der Waals surface area (Å²) in [7, 11) is 0. The monoisotopic (exact) mass is 648 g/mol. The molecule has 0 bridgehead atoms. The lowest BCUT2D eigenvalue weighted by atomic mass is 9.56. The first-order valence-corrected chi connectivity index (χ1v) is 14.7. The van der Waals surface area contributed by atoms with Gasteiger partial charge in [-0.15, -0.1) is 23.2 Å². The Balaban J connectivity index is 1.50. The molecule has 2 saturated heterocycles. The van der Waals surface area contributed by atoms with Crippen molar-refractivity contribution in [3.8, 4) is 5.75 Å². The fourth-order valence-electron chi connectivity index (χ4n) is 7.17. The maximum Gasteiger partial charge on any atom is 0.303 e. The molecule has 9 nitrogen and oxygen atoms in total. The van der Waals surface area contributed by atoms with Crippen LogP contribution >= 0.6 is 34.8 Å². The number of carbonyl (C=O) groups is 5. The van der Waals surface area contributed by atoms with Gasteiger partial charge in [0.05, 0.1) is 17.5 Å². The summed E-state index contributed by atoms with van der Waals surface area (Å²) in [5.74, 6) is -8.51. The van der Waals surface area contributed by atoms with Crippen molar-refractivity contribution in [2.75, 3.05) is 11.4 Å². The Morgan fingerprint density at radius 1 is 1.00 bits per heavy atom. The summed E-state index contributed by atoms with van der Waals surface area (Å²) in [6.45, 7) is -0.0846. The number of halogens is 4. The molecule has 1 saturated carbocycles. The van der Waals surface area contributed by atoms with Gasteiger partial charge in [0.1, 0.15) is 11.6 Å². The average molecular weight is 650 g/mol. The van der Waals surface area contributed by atoms with Crippen LogP contribution in [0.15, 0.2) is 54.1 Å². The summed E-state index contributed by atoms with van der Waals surface area (Å²) in [4.78, 5) is 64.1. The van der Waals surface area contributed by atoms with Gasteiger partial charge < -0.3 is 10.2 Å². The van der Waals surface area contributed by atoms with Crippen LogP contribution in [0.3, 0.4) is 0 Å². The second-order valence-electron chi connectivity index (χ2n) is 11.3. The SMILES string of the molecule is O=C(O)CCCN1C(=O)C2CC=C3C(CC4(Cl)C(=O)N(c5ccc(F)cc5)C(=O)C4(Cl)C3c3cc(Cl)ccc3O)C2C1=O. The van der Waals surface area contributed by atoms with E-state index in [-0.39, 0.29) is 54.3 Å². The normalized spacial score (nSPS) is 31.6. The first-order chi connectivity index (χ1) is 20.3. The number of anilines is 1. The number of aromatic hydroxyl groups is 1. The van der Waals surface area contributed by atoms with E-state index in [1.807, 2.05) is 0 Å². The molecule has 6 atom stereocenters. The van der Waals surface area contributed by atoms with Crippen LogP contribution in [0.1, 0.15) is 37.2 Å². The molecular weight excluding hydrogens is 626 g/mol. The zero-order valence-electron chi connectivity index (χ0n) is 22.3. The molecule has 4 aliphatic rings. The molecule has 4 amide bonds. The number of hydrogen-bond donors (Lipinski definition) is 2. The smallest absolute Gasteiger partial charge is 0.303 e. The lowest BCUT2D eigenvalue weighted by Crippen LogP contribution is -2.60. The van der Waals surface area contributed by atoms with Gasteiger partial charge in [-0.1, -0.05) is 23.3 Å². The summed E-state index contributed by atoms with van der Waals surface area (Å²) >= 11 is 20.8. The van der Waals surface area contributed by atoms with E-state index in [1.165, 1.54) is 30.3 Å². The number of hydrogen-bond acceptors (Lipinski definition) is 6. The van der Waals surface area contributed by atoms with Crippen molar-refractivity contribution in [3.63, 3.8) is 0 Å². The van der Waals surface area contributed by atoms with Crippen molar-refractivity contribution in [2.24, 2.45) is 17.8 Å². The molecule has 6 rings (SSSR count). The third-order valence-electron chi connectivity index (χ3n) is 9.06. The quantitative estimate of drug-likeness (QED) is 0.265. The third kappa shape index (κ3) is 4.21. The number of alkyl halides is 2. The summed E-state index contributed by atoms with van der Waals surface area (Å²) in [5, 5.41) is 20.2. The Morgan fingerprint density at radius 2 is 1.70 bits per heavy atom. The van der Waals surface area contributed by atoms with Crippen molar-refractivity contribution in [1.82, 2.24) is 4.90 Å². The fourth-order valence-corrected chi connectivity index (χ4v) is 8.28. The molecule has 6 unspecified atom stereocenters. The molecule has 2 aromatic carbocycles. The predicted molar refractivity (Wildman–Crippen MR) is 153 cm³/mol. The van der Waals surface area contributed by atoms with Gasteiger partial charge in [0.2, 0.25) is 11.8 Å². The van der Waals surface area contributed by atoms with Crippen molar-refractivity contribution in [2.45, 2.75) is 41.3 Å². The number of fused-ring (bicyclic) bond motifs is 4. The number of rotatable bonds is 6. The number of allylic oxidation sites excluding steroid dienone is 2. The number of phenolic OH excluding ortho intramolecular Hbond substituents is 1. The van der Waals surface area contributed by atoms with Gasteiger partial charge in [0, 0.05) is 29.5 Å². The van der Waals surface area contributed by atoms with Crippen molar-refractivity contribution in [3.05, 3.63) is 70.5 Å². The lowest BCUT2D eigenvalue weighted by molar-refractivity contribution is -0.142. The molecule has 2 aliphatic heterocycles. The maximum atomic E-state index is 14.3. The molecule has 3 fully saturated rings. The lowest BCUT2D eigenvalue weighted by Gasteiger charge is -2.50. The van der Waals surface area contributed by atoms with E-state index >= 15 is 0 Å². The predicted octanol–water partition coefficient (Wildman–Crippen LogP) is 4.61. The minimum atomic E-state index is -2.20. The molecule has 0 radical (unpaired) electrons. The third-order valence-corrected chi connectivity index (χ3v) is 10.7. The van der Waals surface area contributed by atoms with E-state index in [2.05, 4.69) is 0 Å². The highest BCUT2D eigenvalue weighted by molar-refractivity contribution is 6.58. The number of nitrogens with zero attached hydrogens (tertiary/aromatic N) is 2. The molecule has 2 aromatic rings. The number of carbonyl (C=O) groups excluding carboxylic acids is 4. The van der Waals surface area contributed by atoms with Gasteiger partial charge in [-0.05, 0) is 67.6 Å². The van der Waals surface area contributed by atoms with Crippen LogP contribution in [-0.2, 0) is 24.0 Å². The summed E-state index contributed by atoms with van der Waals surface area (Å²) < 4.78 is 13.7. The first-order valence-electron chi connectivity index (χ1n) is 13.6. The topological polar surface area (TPSA) is 132 Å². The molecule has 2 aliphatic carbocycles.